The van der Waals surface area contributed by atoms with Crippen LogP contribution in [0.5, 0.6) is 5.75 Å². The highest BCUT2D eigenvalue weighted by molar-refractivity contribution is 6.30. The Bertz CT molecular complexity index is 849. The second kappa shape index (κ2) is 7.62. The molecule has 26 heavy (non-hydrogen) atoms. The summed E-state index contributed by atoms with van der Waals surface area (Å²) < 4.78 is 5.69. The van der Waals surface area contributed by atoms with Crippen molar-refractivity contribution < 1.29 is 14.3 Å². The summed E-state index contributed by atoms with van der Waals surface area (Å²) in [7, 11) is 0. The van der Waals surface area contributed by atoms with Crippen molar-refractivity contribution >= 4 is 29.1 Å². The van der Waals surface area contributed by atoms with Gasteiger partial charge in [-0.15, -0.1) is 0 Å². The van der Waals surface area contributed by atoms with E-state index in [1.165, 1.54) is 6.08 Å². The lowest BCUT2D eigenvalue weighted by Gasteiger charge is -2.35. The first-order valence-corrected chi connectivity index (χ1v) is 8.62. The van der Waals surface area contributed by atoms with E-state index in [-0.39, 0.29) is 17.9 Å². The Morgan fingerprint density at radius 1 is 1.31 bits per heavy atom. The predicted molar refractivity (Wildman–Crippen MR) is 102 cm³/mol. The summed E-state index contributed by atoms with van der Waals surface area (Å²) in [6.45, 7) is 6.14. The summed E-state index contributed by atoms with van der Waals surface area (Å²) in [5.41, 5.74) is 2.18. The van der Waals surface area contributed by atoms with Crippen LogP contribution >= 0.6 is 11.6 Å². The molecule has 0 bridgehead atoms. The van der Waals surface area contributed by atoms with Crippen LogP contribution in [0.3, 0.4) is 0 Å². The lowest BCUT2D eigenvalue weighted by Crippen LogP contribution is -2.45. The number of nitrogens with zero attached hydrogens (tertiary/aromatic N) is 1. The van der Waals surface area contributed by atoms with E-state index in [0.717, 1.165) is 5.56 Å². The van der Waals surface area contributed by atoms with Crippen LogP contribution in [-0.4, -0.2) is 24.5 Å². The van der Waals surface area contributed by atoms with Gasteiger partial charge in [-0.25, -0.2) is 0 Å². The van der Waals surface area contributed by atoms with Gasteiger partial charge in [0.25, 0.3) is 5.91 Å². The number of hydrogen-bond acceptors (Lipinski definition) is 3. The molecule has 134 valence electrons. The van der Waals surface area contributed by atoms with Gasteiger partial charge < -0.3 is 10.1 Å². The quantitative estimate of drug-likeness (QED) is 0.837. The van der Waals surface area contributed by atoms with Gasteiger partial charge >= 0.3 is 0 Å². The number of ether oxygens (including phenoxy) is 1. The Hall–Kier alpha value is -2.79. The molecule has 2 aromatic rings. The maximum atomic E-state index is 13.0. The minimum Gasteiger partial charge on any atom is -0.489 e. The first kappa shape index (κ1) is 18.0. The third kappa shape index (κ3) is 3.73. The van der Waals surface area contributed by atoms with E-state index in [1.807, 2.05) is 19.1 Å². The lowest BCUT2D eigenvalue weighted by atomic mass is 10.1. The summed E-state index contributed by atoms with van der Waals surface area (Å²) in [4.78, 5) is 26.0. The fourth-order valence-corrected chi connectivity index (χ4v) is 2.96. The van der Waals surface area contributed by atoms with Crippen molar-refractivity contribution in [1.82, 2.24) is 5.32 Å². The molecule has 1 N–H and O–H groups in total. The maximum Gasteiger partial charge on any atom is 0.258 e. The molecular weight excluding hydrogens is 352 g/mol. The molecule has 0 fully saturated rings. The Morgan fingerprint density at radius 3 is 2.73 bits per heavy atom. The van der Waals surface area contributed by atoms with E-state index in [2.05, 4.69) is 11.9 Å². The number of rotatable bonds is 4. The van der Waals surface area contributed by atoms with Crippen molar-refractivity contribution in [2.45, 2.75) is 19.5 Å². The van der Waals surface area contributed by atoms with Crippen LogP contribution in [-0.2, 0) is 11.3 Å². The van der Waals surface area contributed by atoms with Crippen LogP contribution < -0.4 is 15.0 Å². The number of benzene rings is 2. The molecule has 6 heteroatoms. The van der Waals surface area contributed by atoms with Crippen LogP contribution in [0.4, 0.5) is 5.69 Å². The SMILES string of the molecule is C=CC(=O)NCc1ccc(C(=O)N2c3ccc(Cl)cc3OCC2C)cc1. The Morgan fingerprint density at radius 2 is 2.04 bits per heavy atom. The van der Waals surface area contributed by atoms with Gasteiger partial charge in [0, 0.05) is 23.2 Å². The van der Waals surface area contributed by atoms with Crippen molar-refractivity contribution in [1.29, 1.82) is 0 Å². The molecule has 1 unspecified atom stereocenters. The molecule has 1 atom stereocenters. The van der Waals surface area contributed by atoms with Crippen LogP contribution in [0.15, 0.2) is 55.1 Å². The summed E-state index contributed by atoms with van der Waals surface area (Å²) >= 11 is 6.02. The van der Waals surface area contributed by atoms with Crippen molar-refractivity contribution in [3.63, 3.8) is 0 Å². The van der Waals surface area contributed by atoms with E-state index in [1.54, 1.807) is 35.2 Å². The first-order chi connectivity index (χ1) is 12.5. The molecule has 3 rings (SSSR count). The van der Waals surface area contributed by atoms with Crippen LogP contribution in [0.1, 0.15) is 22.8 Å². The summed E-state index contributed by atoms with van der Waals surface area (Å²) in [5.74, 6) is 0.265. The number of anilines is 1. The molecule has 0 saturated heterocycles. The van der Waals surface area contributed by atoms with Crippen LogP contribution in [0.25, 0.3) is 0 Å². The molecule has 1 heterocycles. The Kier molecular flexibility index (Phi) is 5.28. The van der Waals surface area contributed by atoms with E-state index in [9.17, 15) is 9.59 Å². The van der Waals surface area contributed by atoms with E-state index < -0.39 is 0 Å². The molecule has 2 amide bonds. The summed E-state index contributed by atoms with van der Waals surface area (Å²) in [6, 6.07) is 12.3. The summed E-state index contributed by atoms with van der Waals surface area (Å²) in [6.07, 6.45) is 1.22. The number of hydrogen-bond donors (Lipinski definition) is 1. The van der Waals surface area contributed by atoms with Crippen molar-refractivity contribution in [3.8, 4) is 5.75 Å². The zero-order chi connectivity index (χ0) is 18.7. The number of amides is 2. The van der Waals surface area contributed by atoms with E-state index in [0.29, 0.717) is 35.2 Å². The predicted octanol–water partition coefficient (Wildman–Crippen LogP) is 3.57. The molecule has 1 aliphatic rings. The lowest BCUT2D eigenvalue weighted by molar-refractivity contribution is -0.116. The highest BCUT2D eigenvalue weighted by Crippen LogP contribution is 2.36. The minimum absolute atomic E-state index is 0.0947. The smallest absolute Gasteiger partial charge is 0.258 e. The number of halogens is 1. The normalized spacial score (nSPS) is 15.6. The average molecular weight is 371 g/mol. The number of carbonyl (C=O) groups is 2. The van der Waals surface area contributed by atoms with Crippen molar-refractivity contribution in [2.75, 3.05) is 11.5 Å². The van der Waals surface area contributed by atoms with Crippen molar-refractivity contribution in [3.05, 3.63) is 71.3 Å². The Labute approximate surface area is 157 Å². The fourth-order valence-electron chi connectivity index (χ4n) is 2.80. The Balaban J connectivity index is 1.81. The molecule has 1 aliphatic heterocycles. The second-order valence-corrected chi connectivity index (χ2v) is 6.50. The largest absolute Gasteiger partial charge is 0.489 e. The molecule has 2 aromatic carbocycles. The third-order valence-corrected chi connectivity index (χ3v) is 4.41. The van der Waals surface area contributed by atoms with Gasteiger partial charge in [-0.05, 0) is 42.8 Å². The van der Waals surface area contributed by atoms with Gasteiger partial charge in [0.1, 0.15) is 12.4 Å². The van der Waals surface area contributed by atoms with Gasteiger partial charge in [0.15, 0.2) is 0 Å². The van der Waals surface area contributed by atoms with Crippen LogP contribution in [0, 0.1) is 0 Å². The van der Waals surface area contributed by atoms with Crippen molar-refractivity contribution in [2.24, 2.45) is 0 Å². The number of nitrogens with one attached hydrogen (secondary N) is 1. The zero-order valence-electron chi connectivity index (χ0n) is 14.4. The van der Waals surface area contributed by atoms with Gasteiger partial charge in [-0.3, -0.25) is 14.5 Å². The second-order valence-electron chi connectivity index (χ2n) is 6.07. The molecule has 0 saturated carbocycles. The molecular formula is C20H19ClN2O3. The van der Waals surface area contributed by atoms with Crippen LogP contribution in [0.2, 0.25) is 5.02 Å². The average Bonchev–Trinajstić information content (AvgIpc) is 2.66. The fraction of sp³-hybridized carbons (Fsp3) is 0.200. The molecule has 0 radical (unpaired) electrons. The van der Waals surface area contributed by atoms with E-state index >= 15 is 0 Å². The molecule has 0 aliphatic carbocycles. The molecule has 0 aromatic heterocycles. The molecule has 5 nitrogen and oxygen atoms in total. The standard InChI is InChI=1S/C20H19ClN2O3/c1-3-19(24)22-11-14-4-6-15(7-5-14)20(25)23-13(2)12-26-18-10-16(21)8-9-17(18)23/h3-10,13H,1,11-12H2,2H3,(H,22,24). The minimum atomic E-state index is -0.234. The first-order valence-electron chi connectivity index (χ1n) is 8.24. The summed E-state index contributed by atoms with van der Waals surface area (Å²) in [5, 5.41) is 3.27. The third-order valence-electron chi connectivity index (χ3n) is 4.17. The zero-order valence-corrected chi connectivity index (χ0v) is 15.1. The van der Waals surface area contributed by atoms with Gasteiger partial charge in [0.2, 0.25) is 5.91 Å². The maximum absolute atomic E-state index is 13.0. The monoisotopic (exact) mass is 370 g/mol. The van der Waals surface area contributed by atoms with Gasteiger partial charge in [-0.1, -0.05) is 30.3 Å². The number of carbonyl (C=O) groups excluding carboxylic acids is 2. The topological polar surface area (TPSA) is 58.6 Å². The van der Waals surface area contributed by atoms with Gasteiger partial charge in [-0.2, -0.15) is 0 Å². The highest BCUT2D eigenvalue weighted by atomic mass is 35.5. The molecule has 0 spiro atoms. The highest BCUT2D eigenvalue weighted by Gasteiger charge is 2.30. The van der Waals surface area contributed by atoms with E-state index in [4.69, 9.17) is 16.3 Å². The van der Waals surface area contributed by atoms with Gasteiger partial charge in [0.05, 0.1) is 11.7 Å². The number of fused-ring (bicyclic) bond motifs is 1.